The van der Waals surface area contributed by atoms with Gasteiger partial charge < -0.3 is 15.0 Å². The molecule has 0 atom stereocenters. The van der Waals surface area contributed by atoms with Crippen LogP contribution in [0.2, 0.25) is 0 Å². The largest absolute Gasteiger partial charge is 0.464 e. The number of carbonyl (C=O) groups is 1. The molecule has 2 N–H and O–H groups in total. The van der Waals surface area contributed by atoms with Crippen molar-refractivity contribution in [2.24, 2.45) is 0 Å². The van der Waals surface area contributed by atoms with E-state index in [0.29, 0.717) is 11.6 Å². The van der Waals surface area contributed by atoms with E-state index < -0.39 is 41.3 Å². The number of aromatic nitrogens is 2. The molecule has 0 saturated carbocycles. The number of aromatic amines is 1. The molecule has 1 heterocycles. The number of halogens is 4. The predicted molar refractivity (Wildman–Crippen MR) is 89.0 cm³/mol. The van der Waals surface area contributed by atoms with Gasteiger partial charge in [0.05, 0.1) is 7.11 Å². The zero-order valence-corrected chi connectivity index (χ0v) is 13.9. The highest BCUT2D eigenvalue weighted by Gasteiger charge is 2.20. The van der Waals surface area contributed by atoms with Crippen LogP contribution in [0.25, 0.3) is 11.3 Å². The van der Waals surface area contributed by atoms with Crippen molar-refractivity contribution < 1.29 is 27.1 Å². The highest BCUT2D eigenvalue weighted by Crippen LogP contribution is 2.25. The molecule has 3 rings (SSSR count). The van der Waals surface area contributed by atoms with Crippen LogP contribution in [0.4, 0.5) is 23.5 Å². The molecule has 3 aromatic rings. The van der Waals surface area contributed by atoms with Crippen LogP contribution in [-0.2, 0) is 11.3 Å². The normalized spacial score (nSPS) is 10.7. The number of methoxy groups -OCH3 is 1. The Bertz CT molecular complexity index is 987. The number of nitrogens with one attached hydrogen (secondary N) is 2. The summed E-state index contributed by atoms with van der Waals surface area (Å²) in [6, 6.07) is 6.69. The number of H-pyrrole nitrogens is 1. The first-order valence-corrected chi connectivity index (χ1v) is 7.71. The van der Waals surface area contributed by atoms with Crippen molar-refractivity contribution >= 4 is 11.9 Å². The predicted octanol–water partition coefficient (Wildman–Crippen LogP) is 4.03. The van der Waals surface area contributed by atoms with Crippen molar-refractivity contribution in [2.75, 3.05) is 12.4 Å². The second-order valence-corrected chi connectivity index (χ2v) is 5.48. The van der Waals surface area contributed by atoms with E-state index in [4.69, 9.17) is 0 Å². The highest BCUT2D eigenvalue weighted by molar-refractivity contribution is 5.95. The van der Waals surface area contributed by atoms with Crippen molar-refractivity contribution in [1.29, 1.82) is 0 Å². The fourth-order valence-electron chi connectivity index (χ4n) is 2.43. The van der Waals surface area contributed by atoms with Crippen LogP contribution in [0.3, 0.4) is 0 Å². The third-order valence-corrected chi connectivity index (χ3v) is 3.78. The summed E-state index contributed by atoms with van der Waals surface area (Å²) in [5, 5.41) is 2.60. The Hall–Kier alpha value is -3.36. The fraction of sp³-hybridized carbons (Fsp3) is 0.111. The first kappa shape index (κ1) is 18.4. The molecule has 0 aliphatic heterocycles. The number of hydrogen-bond donors (Lipinski definition) is 2. The van der Waals surface area contributed by atoms with E-state index >= 15 is 0 Å². The third kappa shape index (κ3) is 3.76. The number of anilines is 1. The molecule has 0 spiro atoms. The fourth-order valence-corrected chi connectivity index (χ4v) is 2.43. The maximum Gasteiger partial charge on any atom is 0.356 e. The standard InChI is InChI=1S/C18H13F4N3O2/c1-27-17(26)16-15(9-2-4-10(19)5-3-9)24-18(25-16)23-8-11-12(20)6-7-13(21)14(11)22/h2-7H,8H2,1H3,(H2,23,24,25). The minimum absolute atomic E-state index is 0.00205. The Balaban J connectivity index is 1.92. The van der Waals surface area contributed by atoms with Crippen molar-refractivity contribution in [2.45, 2.75) is 6.54 Å². The summed E-state index contributed by atoms with van der Waals surface area (Å²) in [5.41, 5.74) is 0.0231. The van der Waals surface area contributed by atoms with Crippen LogP contribution in [0.1, 0.15) is 16.1 Å². The van der Waals surface area contributed by atoms with E-state index in [9.17, 15) is 22.4 Å². The minimum Gasteiger partial charge on any atom is -0.464 e. The molecule has 2 aromatic carbocycles. The number of carbonyl (C=O) groups excluding carboxylic acids is 1. The Morgan fingerprint density at radius 2 is 1.74 bits per heavy atom. The van der Waals surface area contributed by atoms with Gasteiger partial charge in [-0.15, -0.1) is 0 Å². The summed E-state index contributed by atoms with van der Waals surface area (Å²) < 4.78 is 58.5. The molecule has 0 saturated heterocycles. The first-order chi connectivity index (χ1) is 12.9. The van der Waals surface area contributed by atoms with Gasteiger partial charge in [0.15, 0.2) is 17.3 Å². The van der Waals surface area contributed by atoms with Crippen LogP contribution in [0, 0.1) is 23.3 Å². The average Bonchev–Trinajstić information content (AvgIpc) is 3.09. The quantitative estimate of drug-likeness (QED) is 0.399. The number of imidazole rings is 1. The second-order valence-electron chi connectivity index (χ2n) is 5.48. The van der Waals surface area contributed by atoms with Gasteiger partial charge in [0, 0.05) is 17.7 Å². The van der Waals surface area contributed by atoms with Gasteiger partial charge in [-0.1, -0.05) is 0 Å². The van der Waals surface area contributed by atoms with Crippen molar-refractivity contribution in [3.63, 3.8) is 0 Å². The molecule has 0 radical (unpaired) electrons. The monoisotopic (exact) mass is 379 g/mol. The number of benzene rings is 2. The second kappa shape index (κ2) is 7.48. The summed E-state index contributed by atoms with van der Waals surface area (Å²) in [6.07, 6.45) is 0. The SMILES string of the molecule is COC(=O)c1[nH]c(NCc2c(F)ccc(F)c2F)nc1-c1ccc(F)cc1. The van der Waals surface area contributed by atoms with Crippen molar-refractivity contribution in [3.8, 4) is 11.3 Å². The zero-order valence-electron chi connectivity index (χ0n) is 13.9. The lowest BCUT2D eigenvalue weighted by Gasteiger charge is -2.06. The van der Waals surface area contributed by atoms with Gasteiger partial charge in [0.2, 0.25) is 5.95 Å². The van der Waals surface area contributed by atoms with Crippen LogP contribution in [-0.4, -0.2) is 23.0 Å². The number of esters is 1. The number of rotatable bonds is 5. The van der Waals surface area contributed by atoms with Gasteiger partial charge >= 0.3 is 5.97 Å². The lowest BCUT2D eigenvalue weighted by Crippen LogP contribution is -2.07. The Morgan fingerprint density at radius 3 is 2.41 bits per heavy atom. The van der Waals surface area contributed by atoms with Crippen molar-refractivity contribution in [1.82, 2.24) is 9.97 Å². The molecule has 0 aliphatic rings. The smallest absolute Gasteiger partial charge is 0.356 e. The van der Waals surface area contributed by atoms with Gasteiger partial charge in [-0.2, -0.15) is 0 Å². The molecule has 9 heteroatoms. The van der Waals surface area contributed by atoms with Gasteiger partial charge in [-0.05, 0) is 36.4 Å². The third-order valence-electron chi connectivity index (χ3n) is 3.78. The lowest BCUT2D eigenvalue weighted by atomic mass is 10.1. The van der Waals surface area contributed by atoms with E-state index in [2.05, 4.69) is 20.0 Å². The summed E-state index contributed by atoms with van der Waals surface area (Å²) >= 11 is 0. The number of hydrogen-bond acceptors (Lipinski definition) is 4. The summed E-state index contributed by atoms with van der Waals surface area (Å²) in [7, 11) is 1.17. The summed E-state index contributed by atoms with van der Waals surface area (Å²) in [6.45, 7) is -0.424. The van der Waals surface area contributed by atoms with E-state index in [1.54, 1.807) is 0 Å². The Morgan fingerprint density at radius 1 is 1.07 bits per heavy atom. The molecule has 0 aliphatic carbocycles. The molecule has 140 valence electrons. The van der Waals surface area contributed by atoms with Crippen molar-refractivity contribution in [3.05, 3.63) is 70.9 Å². The van der Waals surface area contributed by atoms with Gasteiger partial charge in [0.25, 0.3) is 0 Å². The molecule has 0 amide bonds. The Kier molecular flexibility index (Phi) is 5.11. The first-order valence-electron chi connectivity index (χ1n) is 7.71. The molecule has 1 aromatic heterocycles. The molecule has 0 fully saturated rings. The van der Waals surface area contributed by atoms with E-state index in [1.807, 2.05) is 0 Å². The molecular weight excluding hydrogens is 366 g/mol. The molecule has 0 unspecified atom stereocenters. The van der Waals surface area contributed by atoms with Gasteiger partial charge in [0.1, 0.15) is 17.3 Å². The van der Waals surface area contributed by atoms with Crippen LogP contribution in [0.15, 0.2) is 36.4 Å². The topological polar surface area (TPSA) is 67.0 Å². The van der Waals surface area contributed by atoms with Crippen LogP contribution in [0.5, 0.6) is 0 Å². The summed E-state index contributed by atoms with van der Waals surface area (Å²) in [5.74, 6) is -4.64. The van der Waals surface area contributed by atoms with Gasteiger partial charge in [-0.25, -0.2) is 27.3 Å². The molecular formula is C18H13F4N3O2. The van der Waals surface area contributed by atoms with E-state index in [1.165, 1.54) is 31.4 Å². The zero-order chi connectivity index (χ0) is 19.6. The van der Waals surface area contributed by atoms with Gasteiger partial charge in [-0.3, -0.25) is 0 Å². The van der Waals surface area contributed by atoms with Crippen LogP contribution < -0.4 is 5.32 Å². The van der Waals surface area contributed by atoms with E-state index in [0.717, 1.165) is 6.07 Å². The minimum atomic E-state index is -1.32. The lowest BCUT2D eigenvalue weighted by molar-refractivity contribution is 0.0595. The average molecular weight is 379 g/mol. The highest BCUT2D eigenvalue weighted by atomic mass is 19.2. The maximum absolute atomic E-state index is 13.7. The molecule has 5 nitrogen and oxygen atoms in total. The number of nitrogens with zero attached hydrogens (tertiary/aromatic N) is 1. The summed E-state index contributed by atoms with van der Waals surface area (Å²) in [4.78, 5) is 18.7. The molecule has 27 heavy (non-hydrogen) atoms. The Labute approximate surface area is 151 Å². The van der Waals surface area contributed by atoms with E-state index in [-0.39, 0.29) is 17.3 Å². The maximum atomic E-state index is 13.7. The number of ether oxygens (including phenoxy) is 1. The van der Waals surface area contributed by atoms with Crippen LogP contribution >= 0.6 is 0 Å². The molecule has 0 bridgehead atoms.